The van der Waals surface area contributed by atoms with Crippen LogP contribution in [0.25, 0.3) is 17.2 Å². The first-order valence-corrected chi connectivity index (χ1v) is 18.6. The molecule has 3 heterocycles. The molecule has 8 nitrogen and oxygen atoms in total. The van der Waals surface area contributed by atoms with E-state index in [1.54, 1.807) is 12.5 Å². The number of unbranched alkanes of at least 4 members (excludes halogenated alkanes) is 1. The first kappa shape index (κ1) is 33.7. The first-order chi connectivity index (χ1) is 23.5. The van der Waals surface area contributed by atoms with E-state index in [0.29, 0.717) is 31.1 Å². The molecule has 0 fully saturated rings. The minimum atomic E-state index is -1.21. The van der Waals surface area contributed by atoms with Crippen LogP contribution in [0, 0.1) is 0 Å². The first-order valence-electron chi connectivity index (χ1n) is 17.2. The van der Waals surface area contributed by atoms with E-state index in [-0.39, 0.29) is 5.91 Å². The molecule has 1 aromatic heterocycles. The molecule has 4 aromatic rings. The van der Waals surface area contributed by atoms with Gasteiger partial charge in [0.15, 0.2) is 0 Å². The van der Waals surface area contributed by atoms with Crippen LogP contribution in [0.1, 0.15) is 62.8 Å². The van der Waals surface area contributed by atoms with E-state index >= 15 is 0 Å². The fraction of sp³-hybridized carbons (Fsp3) is 0.385. The molecule has 2 aliphatic heterocycles. The minimum absolute atomic E-state index is 0.0990. The Hall–Kier alpha value is -4.21. The van der Waals surface area contributed by atoms with Gasteiger partial charge < -0.3 is 24.3 Å². The van der Waals surface area contributed by atoms with Gasteiger partial charge in [-0.2, -0.15) is 0 Å². The normalized spacial score (nSPS) is 14.5. The molecule has 1 unspecified atom stereocenters. The highest BCUT2D eigenvalue weighted by Gasteiger charge is 2.26. The van der Waals surface area contributed by atoms with Crippen molar-refractivity contribution in [1.29, 1.82) is 0 Å². The van der Waals surface area contributed by atoms with Gasteiger partial charge >= 0.3 is 0 Å². The fourth-order valence-corrected chi connectivity index (χ4v) is 7.52. The highest BCUT2D eigenvalue weighted by molar-refractivity contribution is 7.84. The summed E-state index contributed by atoms with van der Waals surface area (Å²) >= 11 is 0. The van der Waals surface area contributed by atoms with Crippen molar-refractivity contribution in [3.8, 4) is 16.9 Å². The van der Waals surface area contributed by atoms with Crippen molar-refractivity contribution in [2.24, 2.45) is 0 Å². The molecule has 0 spiro atoms. The third kappa shape index (κ3) is 8.25. The van der Waals surface area contributed by atoms with Crippen molar-refractivity contribution in [1.82, 2.24) is 9.55 Å². The van der Waals surface area contributed by atoms with E-state index in [9.17, 15) is 9.00 Å². The SMILES string of the molecule is CCCCOCCOc1ccc(-c2cc3c4c(c2)CCN4CCCC(C(=O)Nc2ccc(S(=O)Cc4cncn4CCC)cc2)=C3)cc1. The Morgan fingerprint density at radius 1 is 0.938 bits per heavy atom. The Morgan fingerprint density at radius 3 is 2.56 bits per heavy atom. The average molecular weight is 667 g/mol. The number of hydrogen-bond acceptors (Lipinski definition) is 6. The molecule has 0 saturated heterocycles. The number of nitrogens with zero attached hydrogens (tertiary/aromatic N) is 3. The quantitative estimate of drug-likeness (QED) is 0.131. The maximum absolute atomic E-state index is 13.6. The van der Waals surface area contributed by atoms with E-state index in [4.69, 9.17) is 9.47 Å². The summed E-state index contributed by atoms with van der Waals surface area (Å²) in [5.74, 6) is 1.14. The Balaban J connectivity index is 1.14. The highest BCUT2D eigenvalue weighted by Crippen LogP contribution is 2.39. The molecule has 1 amide bonds. The van der Waals surface area contributed by atoms with E-state index in [0.717, 1.165) is 96.9 Å². The summed E-state index contributed by atoms with van der Waals surface area (Å²) < 4.78 is 26.6. The van der Waals surface area contributed by atoms with Gasteiger partial charge in [-0.05, 0) is 109 Å². The lowest BCUT2D eigenvalue weighted by Crippen LogP contribution is -2.24. The fourth-order valence-electron chi connectivity index (χ4n) is 6.40. The minimum Gasteiger partial charge on any atom is -0.491 e. The zero-order valence-electron chi connectivity index (χ0n) is 28.1. The van der Waals surface area contributed by atoms with E-state index in [1.807, 2.05) is 36.4 Å². The zero-order chi connectivity index (χ0) is 33.3. The van der Waals surface area contributed by atoms with Crippen LogP contribution in [0.15, 0.2) is 83.7 Å². The van der Waals surface area contributed by atoms with Crippen LogP contribution in [0.2, 0.25) is 0 Å². The molecule has 0 bridgehead atoms. The van der Waals surface area contributed by atoms with Crippen molar-refractivity contribution in [2.45, 2.75) is 69.6 Å². The van der Waals surface area contributed by atoms with Crippen molar-refractivity contribution >= 4 is 34.2 Å². The van der Waals surface area contributed by atoms with Crippen molar-refractivity contribution in [2.75, 3.05) is 43.1 Å². The second-order valence-corrected chi connectivity index (χ2v) is 13.9. The third-order valence-electron chi connectivity index (χ3n) is 8.92. The summed E-state index contributed by atoms with van der Waals surface area (Å²) in [5.41, 5.74) is 8.33. The van der Waals surface area contributed by atoms with Gasteiger partial charge in [0.1, 0.15) is 12.4 Å². The summed E-state index contributed by atoms with van der Waals surface area (Å²) in [6.07, 6.45) is 11.5. The van der Waals surface area contributed by atoms with Gasteiger partial charge in [-0.15, -0.1) is 0 Å². The summed E-state index contributed by atoms with van der Waals surface area (Å²) in [6.45, 7) is 8.96. The lowest BCUT2D eigenvalue weighted by Gasteiger charge is -2.25. The number of aryl methyl sites for hydroxylation is 1. The summed E-state index contributed by atoms with van der Waals surface area (Å²) in [7, 11) is -1.21. The topological polar surface area (TPSA) is 85.7 Å². The van der Waals surface area contributed by atoms with Gasteiger partial charge in [-0.3, -0.25) is 9.00 Å². The van der Waals surface area contributed by atoms with Crippen LogP contribution in [0.3, 0.4) is 0 Å². The summed E-state index contributed by atoms with van der Waals surface area (Å²) in [5, 5.41) is 3.10. The second-order valence-electron chi connectivity index (χ2n) is 12.5. The Morgan fingerprint density at radius 2 is 1.77 bits per heavy atom. The van der Waals surface area contributed by atoms with Crippen LogP contribution >= 0.6 is 0 Å². The number of hydrogen-bond donors (Lipinski definition) is 1. The van der Waals surface area contributed by atoms with Gasteiger partial charge in [0.05, 0.1) is 35.2 Å². The number of nitrogens with one attached hydrogen (secondary N) is 1. The lowest BCUT2D eigenvalue weighted by atomic mass is 9.94. The molecule has 252 valence electrons. The van der Waals surface area contributed by atoms with Gasteiger partial charge in [-0.1, -0.05) is 32.4 Å². The molecule has 48 heavy (non-hydrogen) atoms. The van der Waals surface area contributed by atoms with Crippen molar-refractivity contribution < 1.29 is 18.5 Å². The number of rotatable bonds is 15. The highest BCUT2D eigenvalue weighted by atomic mass is 32.2. The number of benzene rings is 3. The smallest absolute Gasteiger partial charge is 0.251 e. The van der Waals surface area contributed by atoms with Crippen LogP contribution in [0.5, 0.6) is 5.75 Å². The van der Waals surface area contributed by atoms with Gasteiger partial charge in [-0.25, -0.2) is 4.98 Å². The molecule has 1 atom stereocenters. The second kappa shape index (κ2) is 16.3. The number of anilines is 2. The number of amides is 1. The van der Waals surface area contributed by atoms with E-state index < -0.39 is 10.8 Å². The van der Waals surface area contributed by atoms with Gasteiger partial charge in [0.25, 0.3) is 5.91 Å². The summed E-state index contributed by atoms with van der Waals surface area (Å²) in [4.78, 5) is 21.0. The predicted molar refractivity (Wildman–Crippen MR) is 194 cm³/mol. The molecular formula is C39H46N4O4S. The number of carbonyl (C=O) groups is 1. The molecule has 3 aromatic carbocycles. The number of carbonyl (C=O) groups excluding carboxylic acids is 1. The molecular weight excluding hydrogens is 621 g/mol. The van der Waals surface area contributed by atoms with Crippen LogP contribution < -0.4 is 15.0 Å². The Bertz CT molecular complexity index is 1750. The molecule has 1 N–H and O–H groups in total. The van der Waals surface area contributed by atoms with E-state index in [2.05, 4.69) is 64.0 Å². The standard InChI is InChI=1S/C39H46N4O4S/c1-3-5-20-46-21-22-47-36-12-8-29(9-13-36)32-23-30-16-19-42-18-6-7-31(24-33(25-32)38(30)42)39(44)41-34-10-14-37(15-11-34)48(45)27-35-26-40-28-43(35)17-4-2/h8-15,23-26,28H,3-7,16-22,27H2,1-2H3,(H,41,44). The third-order valence-corrected chi connectivity index (χ3v) is 10.3. The largest absolute Gasteiger partial charge is 0.491 e. The lowest BCUT2D eigenvalue weighted by molar-refractivity contribution is -0.112. The number of aromatic nitrogens is 2. The monoisotopic (exact) mass is 666 g/mol. The molecule has 6 rings (SSSR count). The Labute approximate surface area is 286 Å². The number of ether oxygens (including phenoxy) is 2. The zero-order valence-corrected chi connectivity index (χ0v) is 28.9. The number of imidazole rings is 1. The van der Waals surface area contributed by atoms with Crippen LogP contribution in [-0.2, 0) is 39.0 Å². The average Bonchev–Trinajstić information content (AvgIpc) is 3.71. The van der Waals surface area contributed by atoms with Crippen LogP contribution in [0.4, 0.5) is 11.4 Å². The van der Waals surface area contributed by atoms with Crippen molar-refractivity contribution in [3.63, 3.8) is 0 Å². The Kier molecular flexibility index (Phi) is 11.4. The maximum Gasteiger partial charge on any atom is 0.251 e. The van der Waals surface area contributed by atoms with Gasteiger partial charge in [0, 0.05) is 54.3 Å². The van der Waals surface area contributed by atoms with Crippen molar-refractivity contribution in [3.05, 3.63) is 95.6 Å². The molecule has 0 radical (unpaired) electrons. The summed E-state index contributed by atoms with van der Waals surface area (Å²) in [6, 6.07) is 20.1. The molecule has 0 aliphatic carbocycles. The maximum atomic E-state index is 13.6. The van der Waals surface area contributed by atoms with E-state index in [1.165, 1.54) is 11.3 Å². The van der Waals surface area contributed by atoms with Crippen LogP contribution in [-0.4, -0.2) is 52.6 Å². The van der Waals surface area contributed by atoms with Gasteiger partial charge in [0.2, 0.25) is 0 Å². The molecule has 9 heteroatoms. The predicted octanol–water partition coefficient (Wildman–Crippen LogP) is 7.64. The molecule has 2 aliphatic rings. The molecule has 0 saturated carbocycles.